The van der Waals surface area contributed by atoms with Crippen LogP contribution in [0.5, 0.6) is 0 Å². The first-order valence-electron chi connectivity index (χ1n) is 7.57. The molecule has 1 aliphatic carbocycles. The van der Waals surface area contributed by atoms with Gasteiger partial charge in [-0.25, -0.2) is 0 Å². The topological polar surface area (TPSA) is 46.3 Å². The Balaban J connectivity index is 1.69. The second-order valence-corrected chi connectivity index (χ2v) is 6.85. The van der Waals surface area contributed by atoms with Gasteiger partial charge in [0.15, 0.2) is 0 Å². The Morgan fingerprint density at radius 3 is 2.81 bits per heavy atom. The fraction of sp³-hybridized carbons (Fsp3) is 0.562. The number of carbonyl (C=O) groups excluding carboxylic acids is 1. The Morgan fingerprint density at radius 2 is 2.10 bits per heavy atom. The van der Waals surface area contributed by atoms with Crippen LogP contribution in [0.2, 0.25) is 10.0 Å². The van der Waals surface area contributed by atoms with Crippen LogP contribution in [0.4, 0.5) is 0 Å². The zero-order chi connectivity index (χ0) is 15.0. The maximum Gasteiger partial charge on any atom is 0.226 e. The summed E-state index contributed by atoms with van der Waals surface area (Å²) >= 11 is 12.0. The van der Waals surface area contributed by atoms with Crippen LogP contribution in [-0.4, -0.2) is 29.9 Å². The number of amides is 1. The van der Waals surface area contributed by atoms with E-state index >= 15 is 0 Å². The number of nitrogens with two attached hydrogens (primary N) is 1. The monoisotopic (exact) mass is 326 g/mol. The highest BCUT2D eigenvalue weighted by Gasteiger charge is 2.47. The number of likely N-dealkylation sites (tertiary alicyclic amines) is 1. The molecule has 1 saturated carbocycles. The van der Waals surface area contributed by atoms with Crippen molar-refractivity contribution in [3.05, 3.63) is 33.8 Å². The first kappa shape index (κ1) is 15.1. The molecule has 114 valence electrons. The molecule has 2 N–H and O–H groups in total. The van der Waals surface area contributed by atoms with E-state index in [9.17, 15) is 4.79 Å². The molecule has 0 spiro atoms. The van der Waals surface area contributed by atoms with Crippen molar-refractivity contribution in [2.75, 3.05) is 13.1 Å². The molecule has 1 saturated heterocycles. The summed E-state index contributed by atoms with van der Waals surface area (Å²) < 4.78 is 0. The van der Waals surface area contributed by atoms with E-state index in [1.807, 2.05) is 23.1 Å². The molecule has 3 nitrogen and oxygen atoms in total. The van der Waals surface area contributed by atoms with Gasteiger partial charge >= 0.3 is 0 Å². The summed E-state index contributed by atoms with van der Waals surface area (Å²) in [6, 6.07) is 5.89. The molecule has 3 rings (SSSR count). The van der Waals surface area contributed by atoms with Crippen LogP contribution in [-0.2, 0) is 4.79 Å². The van der Waals surface area contributed by atoms with E-state index in [-0.39, 0.29) is 23.8 Å². The number of nitrogens with zero attached hydrogens (tertiary/aromatic N) is 1. The van der Waals surface area contributed by atoms with Crippen molar-refractivity contribution < 1.29 is 4.79 Å². The molecule has 5 heteroatoms. The number of rotatable bonds is 3. The summed E-state index contributed by atoms with van der Waals surface area (Å²) in [6.07, 6.45) is 4.20. The van der Waals surface area contributed by atoms with Crippen LogP contribution in [0.1, 0.15) is 37.2 Å². The van der Waals surface area contributed by atoms with Gasteiger partial charge in [-0.3, -0.25) is 4.79 Å². The molecule has 0 bridgehead atoms. The van der Waals surface area contributed by atoms with Gasteiger partial charge in [0.2, 0.25) is 5.91 Å². The molecule has 1 aromatic rings. The van der Waals surface area contributed by atoms with Crippen molar-refractivity contribution in [1.29, 1.82) is 0 Å². The number of carbonyl (C=O) groups is 1. The van der Waals surface area contributed by atoms with Gasteiger partial charge in [0, 0.05) is 25.0 Å². The van der Waals surface area contributed by atoms with E-state index < -0.39 is 0 Å². The minimum absolute atomic E-state index is 0.0920. The molecule has 0 aromatic heterocycles. The lowest BCUT2D eigenvalue weighted by atomic mass is 10.0. The summed E-state index contributed by atoms with van der Waals surface area (Å²) in [4.78, 5) is 14.7. The maximum absolute atomic E-state index is 12.7. The van der Waals surface area contributed by atoms with E-state index in [1.54, 1.807) is 0 Å². The fourth-order valence-electron chi connectivity index (χ4n) is 3.33. The molecule has 1 aromatic carbocycles. The molecule has 3 atom stereocenters. The lowest BCUT2D eigenvalue weighted by Gasteiger charge is -2.35. The molecular weight excluding hydrogens is 307 g/mol. The third-order valence-electron chi connectivity index (χ3n) is 4.66. The first-order chi connectivity index (χ1) is 10.1. The Morgan fingerprint density at radius 1 is 1.29 bits per heavy atom. The fourth-order valence-corrected chi connectivity index (χ4v) is 3.63. The zero-order valence-corrected chi connectivity index (χ0v) is 13.4. The van der Waals surface area contributed by atoms with Crippen LogP contribution in [0.3, 0.4) is 0 Å². The summed E-state index contributed by atoms with van der Waals surface area (Å²) in [7, 11) is 0. The second kappa shape index (κ2) is 6.15. The van der Waals surface area contributed by atoms with Crippen LogP contribution in [0, 0.1) is 5.92 Å². The van der Waals surface area contributed by atoms with Crippen molar-refractivity contribution in [1.82, 2.24) is 4.90 Å². The average Bonchev–Trinajstić information content (AvgIpc) is 3.30. The predicted molar refractivity (Wildman–Crippen MR) is 85.7 cm³/mol. The highest BCUT2D eigenvalue weighted by Crippen LogP contribution is 2.49. The van der Waals surface area contributed by atoms with Crippen LogP contribution < -0.4 is 5.73 Å². The summed E-state index contributed by atoms with van der Waals surface area (Å²) in [6.45, 7) is 1.42. The van der Waals surface area contributed by atoms with Crippen LogP contribution in [0.15, 0.2) is 18.2 Å². The van der Waals surface area contributed by atoms with Gasteiger partial charge in [0.05, 0.1) is 10.0 Å². The molecule has 21 heavy (non-hydrogen) atoms. The maximum atomic E-state index is 12.7. The molecular formula is C16H20Cl2N2O. The SMILES string of the molecule is NCC1CCCCN1C(=O)C1CC1c1ccc(Cl)c(Cl)c1. The van der Waals surface area contributed by atoms with Crippen molar-refractivity contribution in [3.63, 3.8) is 0 Å². The van der Waals surface area contributed by atoms with Crippen LogP contribution >= 0.6 is 23.2 Å². The van der Waals surface area contributed by atoms with E-state index in [0.29, 0.717) is 16.6 Å². The van der Waals surface area contributed by atoms with Gasteiger partial charge in [0.1, 0.15) is 0 Å². The number of halogens is 2. The van der Waals surface area contributed by atoms with Crippen molar-refractivity contribution in [2.45, 2.75) is 37.6 Å². The summed E-state index contributed by atoms with van der Waals surface area (Å²) in [5.74, 6) is 0.642. The van der Waals surface area contributed by atoms with Gasteiger partial charge < -0.3 is 10.6 Å². The summed E-state index contributed by atoms with van der Waals surface area (Å²) in [5.41, 5.74) is 6.92. The normalized spacial score (nSPS) is 28.5. The van der Waals surface area contributed by atoms with E-state index in [4.69, 9.17) is 28.9 Å². The molecule has 0 radical (unpaired) electrons. The zero-order valence-electron chi connectivity index (χ0n) is 11.9. The largest absolute Gasteiger partial charge is 0.338 e. The van der Waals surface area contributed by atoms with E-state index in [2.05, 4.69) is 0 Å². The lowest BCUT2D eigenvalue weighted by molar-refractivity contribution is -0.136. The molecule has 2 aliphatic rings. The minimum atomic E-state index is 0.0920. The number of hydrogen-bond donors (Lipinski definition) is 1. The minimum Gasteiger partial charge on any atom is -0.338 e. The second-order valence-electron chi connectivity index (χ2n) is 6.04. The van der Waals surface area contributed by atoms with Gasteiger partial charge in [-0.15, -0.1) is 0 Å². The van der Waals surface area contributed by atoms with Crippen molar-refractivity contribution in [2.24, 2.45) is 11.7 Å². The summed E-state index contributed by atoms with van der Waals surface area (Å²) in [5, 5.41) is 1.12. The number of piperidine rings is 1. The third-order valence-corrected chi connectivity index (χ3v) is 5.40. The Hall–Kier alpha value is -0.770. The van der Waals surface area contributed by atoms with Gasteiger partial charge in [-0.05, 0) is 49.3 Å². The van der Waals surface area contributed by atoms with E-state index in [0.717, 1.165) is 31.4 Å². The molecule has 1 amide bonds. The molecule has 3 unspecified atom stereocenters. The van der Waals surface area contributed by atoms with Crippen molar-refractivity contribution >= 4 is 29.1 Å². The first-order valence-corrected chi connectivity index (χ1v) is 8.33. The third kappa shape index (κ3) is 3.05. The predicted octanol–water partition coefficient (Wildman–Crippen LogP) is 3.44. The average molecular weight is 327 g/mol. The Labute approximate surface area is 135 Å². The number of benzene rings is 1. The Kier molecular flexibility index (Phi) is 4.43. The van der Waals surface area contributed by atoms with Crippen molar-refractivity contribution in [3.8, 4) is 0 Å². The van der Waals surface area contributed by atoms with Crippen LogP contribution in [0.25, 0.3) is 0 Å². The smallest absolute Gasteiger partial charge is 0.226 e. The van der Waals surface area contributed by atoms with Gasteiger partial charge in [-0.1, -0.05) is 29.3 Å². The lowest BCUT2D eigenvalue weighted by Crippen LogP contribution is -2.48. The molecule has 1 aliphatic heterocycles. The van der Waals surface area contributed by atoms with Gasteiger partial charge in [-0.2, -0.15) is 0 Å². The van der Waals surface area contributed by atoms with E-state index in [1.165, 1.54) is 6.42 Å². The Bertz CT molecular complexity index is 549. The molecule has 2 fully saturated rings. The quantitative estimate of drug-likeness (QED) is 0.924. The highest BCUT2D eigenvalue weighted by molar-refractivity contribution is 6.42. The highest BCUT2D eigenvalue weighted by atomic mass is 35.5. The number of hydrogen-bond acceptors (Lipinski definition) is 2. The molecule has 1 heterocycles. The van der Waals surface area contributed by atoms with Gasteiger partial charge in [0.25, 0.3) is 0 Å². The standard InChI is InChI=1S/C16H20Cl2N2O/c17-14-5-4-10(7-15(14)18)12-8-13(12)16(21)20-6-2-1-3-11(20)9-19/h4-5,7,11-13H,1-3,6,8-9,19H2.